The van der Waals surface area contributed by atoms with Crippen molar-refractivity contribution < 1.29 is 13.9 Å². The Morgan fingerprint density at radius 3 is 2.23 bits per heavy atom. The molecule has 2 aromatic rings. The lowest BCUT2D eigenvalue weighted by Gasteiger charge is -2.46. The highest BCUT2D eigenvalue weighted by Gasteiger charge is 2.51. The van der Waals surface area contributed by atoms with Crippen molar-refractivity contribution in [1.29, 1.82) is 0 Å². The lowest BCUT2D eigenvalue weighted by atomic mass is 9.84. The predicted molar refractivity (Wildman–Crippen MR) is 135 cm³/mol. The summed E-state index contributed by atoms with van der Waals surface area (Å²) in [6, 6.07) is 14.8. The smallest absolute Gasteiger partial charge is 0.239 e. The van der Waals surface area contributed by atoms with E-state index in [1.54, 1.807) is 0 Å². The maximum absolute atomic E-state index is 13.6. The van der Waals surface area contributed by atoms with E-state index in [1.165, 1.54) is 31.5 Å². The van der Waals surface area contributed by atoms with Gasteiger partial charge in [0, 0.05) is 19.5 Å². The van der Waals surface area contributed by atoms with E-state index >= 15 is 0 Å². The number of ether oxygens (including phenoxy) is 1. The molecular formula is C29H38FN3O2. The Bertz CT molecular complexity index is 996. The Morgan fingerprint density at radius 1 is 0.971 bits per heavy atom. The second-order valence-corrected chi connectivity index (χ2v) is 11.1. The number of hydrogen-bond donors (Lipinski definition) is 0. The molecule has 2 aromatic carbocycles. The number of halogens is 1. The molecule has 0 atom stereocenters. The zero-order chi connectivity index (χ0) is 24.4. The van der Waals surface area contributed by atoms with Gasteiger partial charge in [-0.25, -0.2) is 9.40 Å². The van der Waals surface area contributed by atoms with Gasteiger partial charge in [-0.05, 0) is 86.0 Å². The highest BCUT2D eigenvalue weighted by atomic mass is 19.1. The number of likely N-dealkylation sites (tertiary alicyclic amines) is 1. The summed E-state index contributed by atoms with van der Waals surface area (Å²) < 4.78 is 19.4. The third-order valence-corrected chi connectivity index (χ3v) is 7.69. The summed E-state index contributed by atoms with van der Waals surface area (Å²) in [5, 5.41) is 4.25. The Balaban J connectivity index is 1.33. The summed E-state index contributed by atoms with van der Waals surface area (Å²) in [5.41, 5.74) is 1.96. The van der Waals surface area contributed by atoms with Crippen molar-refractivity contribution in [2.24, 2.45) is 11.8 Å². The molecule has 35 heavy (non-hydrogen) atoms. The largest absolute Gasteiger partial charge is 0.493 e. The van der Waals surface area contributed by atoms with E-state index in [1.807, 2.05) is 29.3 Å². The Morgan fingerprint density at radius 2 is 1.60 bits per heavy atom. The van der Waals surface area contributed by atoms with Crippen molar-refractivity contribution in [3.8, 4) is 5.75 Å². The molecule has 6 heteroatoms. The number of benzene rings is 2. The third kappa shape index (κ3) is 5.87. The van der Waals surface area contributed by atoms with E-state index in [2.05, 4.69) is 35.9 Å². The minimum atomic E-state index is -0.231. The molecule has 2 aliphatic heterocycles. The van der Waals surface area contributed by atoms with Gasteiger partial charge in [0.2, 0.25) is 5.91 Å². The summed E-state index contributed by atoms with van der Waals surface area (Å²) in [6.07, 6.45) is 5.27. The first-order chi connectivity index (χ1) is 16.9. The molecule has 2 heterocycles. The number of amides is 1. The Kier molecular flexibility index (Phi) is 7.12. The zero-order valence-electron chi connectivity index (χ0n) is 21.1. The molecular weight excluding hydrogens is 441 g/mol. The molecule has 3 aliphatic rings. The fraction of sp³-hybridized carbons (Fsp3) is 0.552. The van der Waals surface area contributed by atoms with Gasteiger partial charge >= 0.3 is 0 Å². The topological polar surface area (TPSA) is 36.0 Å². The van der Waals surface area contributed by atoms with Gasteiger partial charge < -0.3 is 9.64 Å². The molecule has 0 aromatic heterocycles. The number of nitrogens with zero attached hydrogens (tertiary/aromatic N) is 3. The van der Waals surface area contributed by atoms with Crippen LogP contribution in [0.3, 0.4) is 0 Å². The number of rotatable bonds is 9. The summed E-state index contributed by atoms with van der Waals surface area (Å²) in [7, 11) is 0. The van der Waals surface area contributed by atoms with Crippen LogP contribution in [0, 0.1) is 17.7 Å². The van der Waals surface area contributed by atoms with Crippen LogP contribution in [0.25, 0.3) is 0 Å². The fourth-order valence-corrected chi connectivity index (χ4v) is 5.42. The number of carbonyl (C=O) groups is 1. The van der Waals surface area contributed by atoms with Crippen LogP contribution in [-0.2, 0) is 17.9 Å². The molecule has 1 amide bonds. The van der Waals surface area contributed by atoms with Crippen molar-refractivity contribution >= 4 is 5.91 Å². The first kappa shape index (κ1) is 24.3. The Labute approximate surface area is 208 Å². The highest BCUT2D eigenvalue weighted by Crippen LogP contribution is 2.42. The van der Waals surface area contributed by atoms with Crippen LogP contribution in [0.4, 0.5) is 4.39 Å². The molecule has 5 rings (SSSR count). The monoisotopic (exact) mass is 479 g/mol. The lowest BCUT2D eigenvalue weighted by molar-refractivity contribution is -0.146. The maximum atomic E-state index is 13.6. The van der Waals surface area contributed by atoms with Crippen LogP contribution in [0.1, 0.15) is 57.1 Å². The normalized spacial score (nSPS) is 20.8. The highest BCUT2D eigenvalue weighted by molar-refractivity contribution is 5.79. The van der Waals surface area contributed by atoms with Gasteiger partial charge in [-0.2, -0.15) is 0 Å². The van der Waals surface area contributed by atoms with Crippen LogP contribution in [-0.4, -0.2) is 52.6 Å². The zero-order valence-corrected chi connectivity index (χ0v) is 21.1. The average molecular weight is 480 g/mol. The quantitative estimate of drug-likeness (QED) is 0.492. The molecule has 5 nitrogen and oxygen atoms in total. The number of hydrazine groups is 1. The van der Waals surface area contributed by atoms with E-state index in [-0.39, 0.29) is 17.3 Å². The first-order valence-corrected chi connectivity index (χ1v) is 13.2. The molecule has 1 aliphatic carbocycles. The molecule has 3 fully saturated rings. The van der Waals surface area contributed by atoms with Crippen LogP contribution >= 0.6 is 0 Å². The minimum Gasteiger partial charge on any atom is -0.493 e. The maximum Gasteiger partial charge on any atom is 0.239 e. The van der Waals surface area contributed by atoms with E-state index in [0.717, 1.165) is 48.7 Å². The van der Waals surface area contributed by atoms with E-state index in [4.69, 9.17) is 4.74 Å². The van der Waals surface area contributed by atoms with Gasteiger partial charge in [-0.1, -0.05) is 38.1 Å². The third-order valence-electron chi connectivity index (χ3n) is 7.69. The van der Waals surface area contributed by atoms with Crippen LogP contribution in [0.5, 0.6) is 5.75 Å². The van der Waals surface area contributed by atoms with Gasteiger partial charge in [0.05, 0.1) is 18.7 Å². The van der Waals surface area contributed by atoms with E-state index in [0.29, 0.717) is 32.0 Å². The minimum absolute atomic E-state index is 0.161. The summed E-state index contributed by atoms with van der Waals surface area (Å²) in [5.74, 6) is 2.17. The molecule has 1 spiro atoms. The first-order valence-electron chi connectivity index (χ1n) is 13.2. The van der Waals surface area contributed by atoms with Crippen LogP contribution < -0.4 is 4.74 Å². The molecule has 0 unspecified atom stereocenters. The average Bonchev–Trinajstić information content (AvgIpc) is 3.63. The second-order valence-electron chi connectivity index (χ2n) is 11.1. The fourth-order valence-electron chi connectivity index (χ4n) is 5.42. The van der Waals surface area contributed by atoms with Gasteiger partial charge in [-0.3, -0.25) is 9.80 Å². The van der Waals surface area contributed by atoms with E-state index < -0.39 is 0 Å². The lowest BCUT2D eigenvalue weighted by Crippen LogP contribution is -2.55. The van der Waals surface area contributed by atoms with Crippen LogP contribution in [0.15, 0.2) is 48.5 Å². The molecule has 0 bridgehead atoms. The van der Waals surface area contributed by atoms with Crippen LogP contribution in [0.2, 0.25) is 0 Å². The van der Waals surface area contributed by atoms with Crippen molar-refractivity contribution in [2.75, 3.05) is 26.2 Å². The van der Waals surface area contributed by atoms with Gasteiger partial charge in [0.25, 0.3) is 0 Å². The molecule has 0 N–H and O–H groups in total. The van der Waals surface area contributed by atoms with Gasteiger partial charge in [0.15, 0.2) is 0 Å². The van der Waals surface area contributed by atoms with Crippen molar-refractivity contribution in [3.63, 3.8) is 0 Å². The van der Waals surface area contributed by atoms with Crippen molar-refractivity contribution in [1.82, 2.24) is 14.9 Å². The summed E-state index contributed by atoms with van der Waals surface area (Å²) in [6.45, 7) is 9.40. The Hall–Kier alpha value is -2.44. The van der Waals surface area contributed by atoms with E-state index in [9.17, 15) is 9.18 Å². The van der Waals surface area contributed by atoms with Crippen molar-refractivity contribution in [3.05, 3.63) is 65.5 Å². The van der Waals surface area contributed by atoms with Gasteiger partial charge in [0.1, 0.15) is 11.6 Å². The number of piperidine rings is 1. The molecule has 0 radical (unpaired) electrons. The van der Waals surface area contributed by atoms with Gasteiger partial charge in [-0.15, -0.1) is 0 Å². The number of carbonyl (C=O) groups excluding carboxylic acids is 1. The molecule has 1 saturated carbocycles. The SMILES string of the molecule is CC(C)COc1ccc(CN2C(=O)CC3(CCN(CC4CC4)CC3)N2Cc2ccc(F)cc2)cc1. The second kappa shape index (κ2) is 10.3. The summed E-state index contributed by atoms with van der Waals surface area (Å²) >= 11 is 0. The summed E-state index contributed by atoms with van der Waals surface area (Å²) in [4.78, 5) is 16.0. The standard InChI is InChI=1S/C29H38FN3O2/c1-22(2)21-35-27-11-7-24(8-12-27)19-32-28(34)17-29(13-15-31(16-14-29)18-23-3-4-23)33(32)20-25-5-9-26(30)10-6-25/h5-12,22-23H,3-4,13-21H2,1-2H3. The van der Waals surface area contributed by atoms with Crippen molar-refractivity contribution in [2.45, 2.75) is 64.6 Å². The number of hydrogen-bond acceptors (Lipinski definition) is 4. The predicted octanol–water partition coefficient (Wildman–Crippen LogP) is 5.25. The molecule has 188 valence electrons. The molecule has 2 saturated heterocycles.